The molecule has 0 aliphatic heterocycles. The van der Waals surface area contributed by atoms with Crippen LogP contribution in [0.3, 0.4) is 0 Å². The summed E-state index contributed by atoms with van der Waals surface area (Å²) in [4.78, 5) is 16.3. The predicted octanol–water partition coefficient (Wildman–Crippen LogP) is 3.47. The van der Waals surface area contributed by atoms with Gasteiger partial charge in [0.1, 0.15) is 5.69 Å². The Bertz CT molecular complexity index is 940. The standard InChI is InChI=1S/C19H20F2N4O/c1-12(24-13(2)14-7-8-17(18(20)21)22-9-14)11-25-19(26)16-6-4-3-5-15(16)10-23-25/h3-10,12-13,18,24H,11H2,1-2H3. The first-order valence-corrected chi connectivity index (χ1v) is 8.40. The summed E-state index contributed by atoms with van der Waals surface area (Å²) in [5.41, 5.74) is 0.438. The molecule has 2 atom stereocenters. The Morgan fingerprint density at radius 3 is 2.58 bits per heavy atom. The first-order chi connectivity index (χ1) is 12.5. The molecule has 26 heavy (non-hydrogen) atoms. The van der Waals surface area contributed by atoms with Crippen LogP contribution in [0, 0.1) is 0 Å². The normalized spacial score (nSPS) is 13.9. The van der Waals surface area contributed by atoms with Gasteiger partial charge in [-0.15, -0.1) is 0 Å². The summed E-state index contributed by atoms with van der Waals surface area (Å²) in [5.74, 6) is 0. The molecule has 3 aromatic rings. The molecule has 0 aliphatic rings. The van der Waals surface area contributed by atoms with Crippen molar-refractivity contribution >= 4 is 10.8 Å². The molecule has 0 bridgehead atoms. The van der Waals surface area contributed by atoms with Crippen LogP contribution in [-0.4, -0.2) is 20.8 Å². The summed E-state index contributed by atoms with van der Waals surface area (Å²) in [7, 11) is 0. The van der Waals surface area contributed by atoms with Crippen molar-refractivity contribution in [2.24, 2.45) is 0 Å². The maximum Gasteiger partial charge on any atom is 0.280 e. The number of nitrogens with one attached hydrogen (secondary N) is 1. The molecule has 0 saturated heterocycles. The van der Waals surface area contributed by atoms with E-state index in [0.717, 1.165) is 10.9 Å². The van der Waals surface area contributed by atoms with Gasteiger partial charge >= 0.3 is 0 Å². The molecule has 1 N–H and O–H groups in total. The zero-order valence-corrected chi connectivity index (χ0v) is 14.6. The molecule has 1 aromatic carbocycles. The van der Waals surface area contributed by atoms with Gasteiger partial charge in [0.2, 0.25) is 0 Å². The molecule has 2 aromatic heterocycles. The second kappa shape index (κ2) is 7.70. The van der Waals surface area contributed by atoms with E-state index in [0.29, 0.717) is 11.9 Å². The highest BCUT2D eigenvalue weighted by molar-refractivity contribution is 5.80. The Morgan fingerprint density at radius 2 is 1.88 bits per heavy atom. The van der Waals surface area contributed by atoms with Crippen molar-refractivity contribution in [3.8, 4) is 0 Å². The van der Waals surface area contributed by atoms with Crippen LogP contribution >= 0.6 is 0 Å². The van der Waals surface area contributed by atoms with Crippen LogP contribution in [0.15, 0.2) is 53.6 Å². The summed E-state index contributed by atoms with van der Waals surface area (Å²) in [6, 6.07) is 10.2. The summed E-state index contributed by atoms with van der Waals surface area (Å²) < 4.78 is 26.6. The van der Waals surface area contributed by atoms with Crippen LogP contribution < -0.4 is 10.9 Å². The van der Waals surface area contributed by atoms with Gasteiger partial charge in [-0.25, -0.2) is 13.5 Å². The zero-order chi connectivity index (χ0) is 18.7. The molecular weight excluding hydrogens is 338 g/mol. The molecule has 3 rings (SSSR count). The van der Waals surface area contributed by atoms with Crippen molar-refractivity contribution in [1.29, 1.82) is 0 Å². The van der Waals surface area contributed by atoms with Gasteiger partial charge in [-0.2, -0.15) is 5.10 Å². The van der Waals surface area contributed by atoms with Crippen molar-refractivity contribution in [1.82, 2.24) is 20.1 Å². The Labute approximate surface area is 149 Å². The van der Waals surface area contributed by atoms with E-state index in [1.807, 2.05) is 32.0 Å². The van der Waals surface area contributed by atoms with E-state index in [4.69, 9.17) is 0 Å². The van der Waals surface area contributed by atoms with Crippen molar-refractivity contribution in [2.75, 3.05) is 0 Å². The quantitative estimate of drug-likeness (QED) is 0.733. The highest BCUT2D eigenvalue weighted by Crippen LogP contribution is 2.19. The molecule has 2 unspecified atom stereocenters. The summed E-state index contributed by atoms with van der Waals surface area (Å²) >= 11 is 0. The summed E-state index contributed by atoms with van der Waals surface area (Å²) in [6.07, 6.45) is 0.559. The Morgan fingerprint density at radius 1 is 1.12 bits per heavy atom. The minimum Gasteiger partial charge on any atom is -0.306 e. The minimum atomic E-state index is -2.57. The molecular formula is C19H20F2N4O. The van der Waals surface area contributed by atoms with E-state index in [-0.39, 0.29) is 23.3 Å². The third kappa shape index (κ3) is 3.94. The van der Waals surface area contributed by atoms with Gasteiger partial charge < -0.3 is 5.32 Å². The lowest BCUT2D eigenvalue weighted by atomic mass is 10.1. The predicted molar refractivity (Wildman–Crippen MR) is 96.2 cm³/mol. The average molecular weight is 358 g/mol. The number of rotatable bonds is 6. The number of nitrogens with zero attached hydrogens (tertiary/aromatic N) is 3. The lowest BCUT2D eigenvalue weighted by Crippen LogP contribution is -2.37. The highest BCUT2D eigenvalue weighted by atomic mass is 19.3. The molecule has 0 spiro atoms. The first-order valence-electron chi connectivity index (χ1n) is 8.40. The SMILES string of the molecule is CC(Cn1ncc2ccccc2c1=O)NC(C)c1ccc(C(F)F)nc1. The topological polar surface area (TPSA) is 59.8 Å². The number of halogens is 2. The number of hydrogen-bond acceptors (Lipinski definition) is 4. The fraction of sp³-hybridized carbons (Fsp3) is 0.316. The van der Waals surface area contributed by atoms with Crippen molar-refractivity contribution in [3.05, 3.63) is 70.4 Å². The van der Waals surface area contributed by atoms with Crippen LogP contribution in [0.25, 0.3) is 10.8 Å². The molecule has 0 radical (unpaired) electrons. The van der Waals surface area contributed by atoms with E-state index >= 15 is 0 Å². The van der Waals surface area contributed by atoms with E-state index in [9.17, 15) is 13.6 Å². The van der Waals surface area contributed by atoms with Crippen molar-refractivity contribution in [3.63, 3.8) is 0 Å². The van der Waals surface area contributed by atoms with Crippen molar-refractivity contribution < 1.29 is 8.78 Å². The van der Waals surface area contributed by atoms with Gasteiger partial charge in [-0.3, -0.25) is 9.78 Å². The van der Waals surface area contributed by atoms with Gasteiger partial charge in [0, 0.05) is 23.7 Å². The third-order valence-electron chi connectivity index (χ3n) is 4.28. The fourth-order valence-corrected chi connectivity index (χ4v) is 2.89. The first kappa shape index (κ1) is 18.1. The minimum absolute atomic E-state index is 0.0499. The fourth-order valence-electron chi connectivity index (χ4n) is 2.89. The Hall–Kier alpha value is -2.67. The van der Waals surface area contributed by atoms with Gasteiger partial charge in [-0.1, -0.05) is 24.3 Å². The van der Waals surface area contributed by atoms with E-state index in [1.54, 1.807) is 18.3 Å². The number of aromatic nitrogens is 3. The molecule has 0 fully saturated rings. The lowest BCUT2D eigenvalue weighted by molar-refractivity contribution is 0.146. The molecule has 0 aliphatic carbocycles. The van der Waals surface area contributed by atoms with Gasteiger partial charge in [-0.05, 0) is 31.5 Å². The summed E-state index contributed by atoms with van der Waals surface area (Å²) in [6.45, 7) is 4.27. The number of pyridine rings is 1. The maximum absolute atomic E-state index is 12.6. The van der Waals surface area contributed by atoms with Crippen LogP contribution in [0.5, 0.6) is 0 Å². The van der Waals surface area contributed by atoms with E-state index < -0.39 is 6.43 Å². The van der Waals surface area contributed by atoms with Crippen LogP contribution in [-0.2, 0) is 6.54 Å². The molecule has 5 nitrogen and oxygen atoms in total. The molecule has 2 heterocycles. The molecule has 0 saturated carbocycles. The van der Waals surface area contributed by atoms with Gasteiger partial charge in [0.25, 0.3) is 12.0 Å². The monoisotopic (exact) mass is 358 g/mol. The third-order valence-corrected chi connectivity index (χ3v) is 4.28. The van der Waals surface area contributed by atoms with Crippen LogP contribution in [0.2, 0.25) is 0 Å². The van der Waals surface area contributed by atoms with E-state index in [2.05, 4.69) is 15.4 Å². The van der Waals surface area contributed by atoms with Gasteiger partial charge in [0.05, 0.1) is 18.1 Å². The maximum atomic E-state index is 12.6. The van der Waals surface area contributed by atoms with E-state index in [1.165, 1.54) is 16.9 Å². The number of alkyl halides is 2. The molecule has 136 valence electrons. The average Bonchev–Trinajstić information content (AvgIpc) is 2.64. The largest absolute Gasteiger partial charge is 0.306 e. The summed E-state index contributed by atoms with van der Waals surface area (Å²) in [5, 5.41) is 9.01. The van der Waals surface area contributed by atoms with Crippen LogP contribution in [0.4, 0.5) is 8.78 Å². The highest BCUT2D eigenvalue weighted by Gasteiger charge is 2.14. The number of hydrogen-bond donors (Lipinski definition) is 1. The molecule has 0 amide bonds. The second-order valence-electron chi connectivity index (χ2n) is 6.33. The molecule has 7 heteroatoms. The number of benzene rings is 1. The van der Waals surface area contributed by atoms with Crippen LogP contribution in [0.1, 0.15) is 37.6 Å². The lowest BCUT2D eigenvalue weighted by Gasteiger charge is -2.20. The Kier molecular flexibility index (Phi) is 5.37. The van der Waals surface area contributed by atoms with Gasteiger partial charge in [0.15, 0.2) is 0 Å². The van der Waals surface area contributed by atoms with Crippen molar-refractivity contribution in [2.45, 2.75) is 38.9 Å². The second-order valence-corrected chi connectivity index (χ2v) is 6.33. The Balaban J connectivity index is 1.69. The smallest absolute Gasteiger partial charge is 0.280 e. The number of fused-ring (bicyclic) bond motifs is 1. The zero-order valence-electron chi connectivity index (χ0n) is 14.6.